The average Bonchev–Trinajstić information content (AvgIpc) is 2.48. The molecule has 0 saturated heterocycles. The molecule has 5 heteroatoms. The number of hydrogen-bond acceptors (Lipinski definition) is 5. The van der Waals surface area contributed by atoms with Crippen LogP contribution in [-0.4, -0.2) is 24.4 Å². The number of rotatable bonds is 5. The molecule has 0 bridgehead atoms. The Morgan fingerprint density at radius 1 is 1.50 bits per heavy atom. The highest BCUT2D eigenvalue weighted by Crippen LogP contribution is 2.24. The smallest absolute Gasteiger partial charge is 0.329 e. The van der Waals surface area contributed by atoms with Crippen molar-refractivity contribution in [2.24, 2.45) is 10.9 Å². The maximum Gasteiger partial charge on any atom is 0.329 e. The number of para-hydroxylation sites is 1. The number of thioether (sulfide) groups is 1. The van der Waals surface area contributed by atoms with Gasteiger partial charge in [0.25, 0.3) is 0 Å². The van der Waals surface area contributed by atoms with Gasteiger partial charge in [-0.15, -0.1) is 11.8 Å². The van der Waals surface area contributed by atoms with Crippen molar-refractivity contribution in [1.82, 2.24) is 0 Å². The molecule has 0 saturated carbocycles. The third kappa shape index (κ3) is 4.10. The highest BCUT2D eigenvalue weighted by Gasteiger charge is 2.25. The lowest BCUT2D eigenvalue weighted by Crippen LogP contribution is -2.21. The van der Waals surface area contributed by atoms with Gasteiger partial charge in [0.1, 0.15) is 5.04 Å². The van der Waals surface area contributed by atoms with Gasteiger partial charge in [-0.3, -0.25) is 4.79 Å². The maximum atomic E-state index is 11.6. The fraction of sp³-hybridized carbons (Fsp3) is 0.400. The summed E-state index contributed by atoms with van der Waals surface area (Å²) in [7, 11) is 1.27. The maximum absolute atomic E-state index is 11.6. The molecular weight excluding hydrogens is 272 g/mol. The van der Waals surface area contributed by atoms with Crippen LogP contribution in [0.5, 0.6) is 0 Å². The number of nitrogens with zero attached hydrogens (tertiary/aromatic N) is 2. The first kappa shape index (κ1) is 16.3. The van der Waals surface area contributed by atoms with Crippen molar-refractivity contribution in [2.75, 3.05) is 13.4 Å². The lowest BCUT2D eigenvalue weighted by atomic mass is 10.1. The first-order chi connectivity index (χ1) is 9.67. The SMILES string of the molecule is CCCc1ccccc1N=C(SC)C(C#N)C(=O)OC. The Labute approximate surface area is 123 Å². The van der Waals surface area contributed by atoms with Crippen LogP contribution < -0.4 is 0 Å². The molecule has 1 unspecified atom stereocenters. The molecule has 0 spiro atoms. The molecule has 0 heterocycles. The largest absolute Gasteiger partial charge is 0.468 e. The van der Waals surface area contributed by atoms with Crippen molar-refractivity contribution in [2.45, 2.75) is 19.8 Å². The number of aliphatic imine (C=N–C) groups is 1. The second kappa shape index (κ2) is 8.39. The molecule has 0 fully saturated rings. The number of benzene rings is 1. The summed E-state index contributed by atoms with van der Waals surface area (Å²) in [5, 5.41) is 9.60. The summed E-state index contributed by atoms with van der Waals surface area (Å²) in [6, 6.07) is 9.72. The van der Waals surface area contributed by atoms with Crippen LogP contribution in [0.3, 0.4) is 0 Å². The predicted molar refractivity (Wildman–Crippen MR) is 82.2 cm³/mol. The van der Waals surface area contributed by atoms with Gasteiger partial charge in [0.05, 0.1) is 18.9 Å². The third-order valence-corrected chi connectivity index (χ3v) is 3.51. The molecule has 1 rings (SSSR count). The van der Waals surface area contributed by atoms with Gasteiger partial charge in [0, 0.05) is 0 Å². The van der Waals surface area contributed by atoms with Gasteiger partial charge in [-0.1, -0.05) is 31.5 Å². The minimum Gasteiger partial charge on any atom is -0.468 e. The summed E-state index contributed by atoms with van der Waals surface area (Å²) < 4.78 is 4.65. The normalized spacial score (nSPS) is 12.6. The van der Waals surface area contributed by atoms with Crippen LogP contribution in [0, 0.1) is 17.2 Å². The van der Waals surface area contributed by atoms with E-state index < -0.39 is 11.9 Å². The molecule has 1 aromatic rings. The van der Waals surface area contributed by atoms with E-state index in [1.54, 1.807) is 6.26 Å². The van der Waals surface area contributed by atoms with E-state index in [9.17, 15) is 4.79 Å². The number of aryl methyl sites for hydroxylation is 1. The lowest BCUT2D eigenvalue weighted by Gasteiger charge is -2.10. The minimum atomic E-state index is -0.968. The van der Waals surface area contributed by atoms with E-state index in [1.165, 1.54) is 18.9 Å². The molecule has 0 aliphatic carbocycles. The van der Waals surface area contributed by atoms with Crippen LogP contribution >= 0.6 is 11.8 Å². The van der Waals surface area contributed by atoms with E-state index in [1.807, 2.05) is 30.3 Å². The Morgan fingerprint density at radius 2 is 2.20 bits per heavy atom. The highest BCUT2D eigenvalue weighted by molar-refractivity contribution is 8.13. The van der Waals surface area contributed by atoms with Crippen molar-refractivity contribution in [3.05, 3.63) is 29.8 Å². The zero-order valence-corrected chi connectivity index (χ0v) is 12.7. The van der Waals surface area contributed by atoms with Crippen molar-refractivity contribution in [1.29, 1.82) is 5.26 Å². The summed E-state index contributed by atoms with van der Waals surface area (Å²) in [5.41, 5.74) is 1.92. The van der Waals surface area contributed by atoms with Gasteiger partial charge >= 0.3 is 5.97 Å². The highest BCUT2D eigenvalue weighted by atomic mass is 32.2. The van der Waals surface area contributed by atoms with E-state index in [-0.39, 0.29) is 0 Å². The van der Waals surface area contributed by atoms with E-state index in [2.05, 4.69) is 16.7 Å². The molecule has 4 nitrogen and oxygen atoms in total. The van der Waals surface area contributed by atoms with E-state index >= 15 is 0 Å². The number of carbonyl (C=O) groups excluding carboxylic acids is 1. The molecule has 0 radical (unpaired) electrons. The second-order valence-electron chi connectivity index (χ2n) is 4.12. The summed E-state index contributed by atoms with van der Waals surface area (Å²) in [6.45, 7) is 2.10. The molecule has 106 valence electrons. The van der Waals surface area contributed by atoms with Crippen LogP contribution in [0.2, 0.25) is 0 Å². The predicted octanol–water partition coefficient (Wildman–Crippen LogP) is 3.34. The topological polar surface area (TPSA) is 62.5 Å². The van der Waals surface area contributed by atoms with Crippen molar-refractivity contribution in [3.63, 3.8) is 0 Å². The van der Waals surface area contributed by atoms with Gasteiger partial charge in [0.2, 0.25) is 0 Å². The number of hydrogen-bond donors (Lipinski definition) is 0. The van der Waals surface area contributed by atoms with Crippen LogP contribution in [0.25, 0.3) is 0 Å². The Kier molecular flexibility index (Phi) is 6.82. The first-order valence-electron chi connectivity index (χ1n) is 6.35. The lowest BCUT2D eigenvalue weighted by molar-refractivity contribution is -0.141. The zero-order chi connectivity index (χ0) is 15.0. The molecule has 0 amide bonds. The Morgan fingerprint density at radius 3 is 2.75 bits per heavy atom. The monoisotopic (exact) mass is 290 g/mol. The number of nitriles is 1. The Hall–Kier alpha value is -1.80. The Bertz CT molecular complexity index is 535. The van der Waals surface area contributed by atoms with Gasteiger partial charge in [-0.05, 0) is 24.3 Å². The second-order valence-corrected chi connectivity index (χ2v) is 4.94. The van der Waals surface area contributed by atoms with E-state index in [0.717, 1.165) is 24.1 Å². The molecule has 0 aliphatic heterocycles. The number of carbonyl (C=O) groups is 1. The zero-order valence-electron chi connectivity index (χ0n) is 11.9. The molecule has 1 atom stereocenters. The Balaban J connectivity index is 3.17. The molecule has 20 heavy (non-hydrogen) atoms. The van der Waals surface area contributed by atoms with E-state index in [4.69, 9.17) is 5.26 Å². The van der Waals surface area contributed by atoms with E-state index in [0.29, 0.717) is 5.04 Å². The first-order valence-corrected chi connectivity index (χ1v) is 7.58. The van der Waals surface area contributed by atoms with Crippen LogP contribution in [0.1, 0.15) is 18.9 Å². The summed E-state index contributed by atoms with van der Waals surface area (Å²) in [5.74, 6) is -1.54. The molecule has 1 aromatic carbocycles. The van der Waals surface area contributed by atoms with Gasteiger partial charge in [-0.25, -0.2) is 4.99 Å². The standard InChI is InChI=1S/C15H18N2O2S/c1-4-7-11-8-5-6-9-13(11)17-14(20-3)12(10-16)15(18)19-2/h5-6,8-9,12H,4,7H2,1-3H3. The van der Waals surface area contributed by atoms with Crippen LogP contribution in [-0.2, 0) is 16.0 Å². The van der Waals surface area contributed by atoms with Gasteiger partial charge in [0.15, 0.2) is 5.92 Å². The molecule has 0 aliphatic rings. The molecule has 0 N–H and O–H groups in total. The number of ether oxygens (including phenoxy) is 1. The summed E-state index contributed by atoms with van der Waals surface area (Å²) >= 11 is 1.29. The van der Waals surface area contributed by atoms with Gasteiger partial charge in [-0.2, -0.15) is 5.26 Å². The minimum absolute atomic E-state index is 0.461. The van der Waals surface area contributed by atoms with Crippen molar-refractivity contribution >= 4 is 28.5 Å². The molecule has 0 aromatic heterocycles. The average molecular weight is 290 g/mol. The fourth-order valence-corrected chi connectivity index (χ4v) is 2.35. The van der Waals surface area contributed by atoms with Crippen molar-refractivity contribution in [3.8, 4) is 6.07 Å². The quantitative estimate of drug-likeness (QED) is 0.474. The van der Waals surface area contributed by atoms with Gasteiger partial charge < -0.3 is 4.74 Å². The fourth-order valence-electron chi connectivity index (χ4n) is 1.77. The number of esters is 1. The van der Waals surface area contributed by atoms with Crippen LogP contribution in [0.4, 0.5) is 5.69 Å². The molecular formula is C15H18N2O2S. The van der Waals surface area contributed by atoms with Crippen molar-refractivity contribution < 1.29 is 9.53 Å². The van der Waals surface area contributed by atoms with Crippen LogP contribution in [0.15, 0.2) is 29.3 Å². The third-order valence-electron chi connectivity index (χ3n) is 2.76. The summed E-state index contributed by atoms with van der Waals surface area (Å²) in [6.07, 6.45) is 3.73. The summed E-state index contributed by atoms with van der Waals surface area (Å²) in [4.78, 5) is 16.1. The number of methoxy groups -OCH3 is 1.